The van der Waals surface area contributed by atoms with E-state index in [2.05, 4.69) is 4.98 Å². The minimum absolute atomic E-state index is 0.246. The summed E-state index contributed by atoms with van der Waals surface area (Å²) >= 11 is 0. The summed E-state index contributed by atoms with van der Waals surface area (Å²) in [6, 6.07) is 3.24. The van der Waals surface area contributed by atoms with Gasteiger partial charge in [0, 0.05) is 23.9 Å². The van der Waals surface area contributed by atoms with Gasteiger partial charge in [0.1, 0.15) is 11.5 Å². The molecule has 104 valence electrons. The Morgan fingerprint density at radius 1 is 1.30 bits per heavy atom. The predicted molar refractivity (Wildman–Crippen MR) is 74.3 cm³/mol. The third-order valence-electron chi connectivity index (χ3n) is 2.82. The Morgan fingerprint density at radius 2 is 2.05 bits per heavy atom. The molecule has 0 spiro atoms. The number of aromatic nitrogens is 1. The van der Waals surface area contributed by atoms with Crippen LogP contribution in [0.2, 0.25) is 0 Å². The Balaban J connectivity index is 2.71. The van der Waals surface area contributed by atoms with Gasteiger partial charge in [0.2, 0.25) is 0 Å². The standard InChI is InChI=1S/C14H13NO5/c1-19-9-5-10-13(11(6-9)20-2)15-7-8(14(10)18)3-4-12(16)17/h3-7H,1-2H3,(H,15,18)(H,16,17). The Labute approximate surface area is 114 Å². The number of hydrogen-bond donors (Lipinski definition) is 2. The lowest BCUT2D eigenvalue weighted by molar-refractivity contribution is -0.131. The summed E-state index contributed by atoms with van der Waals surface area (Å²) in [7, 11) is 2.98. The van der Waals surface area contributed by atoms with Gasteiger partial charge in [-0.05, 0) is 12.1 Å². The summed E-state index contributed by atoms with van der Waals surface area (Å²) in [5, 5.41) is 8.97. The highest BCUT2D eigenvalue weighted by atomic mass is 16.5. The van der Waals surface area contributed by atoms with E-state index in [1.54, 1.807) is 12.1 Å². The Kier molecular flexibility index (Phi) is 3.74. The lowest BCUT2D eigenvalue weighted by Crippen LogP contribution is -2.08. The van der Waals surface area contributed by atoms with E-state index in [0.29, 0.717) is 22.4 Å². The maximum Gasteiger partial charge on any atom is 0.328 e. The average Bonchev–Trinajstić information content (AvgIpc) is 2.45. The molecular formula is C14H13NO5. The van der Waals surface area contributed by atoms with E-state index in [-0.39, 0.29) is 11.0 Å². The van der Waals surface area contributed by atoms with E-state index < -0.39 is 5.97 Å². The number of H-pyrrole nitrogens is 1. The van der Waals surface area contributed by atoms with Gasteiger partial charge in [0.25, 0.3) is 0 Å². The summed E-state index contributed by atoms with van der Waals surface area (Å²) in [6.45, 7) is 0. The molecule has 0 aliphatic rings. The number of fused-ring (bicyclic) bond motifs is 1. The lowest BCUT2D eigenvalue weighted by Gasteiger charge is -2.08. The third-order valence-corrected chi connectivity index (χ3v) is 2.82. The maximum atomic E-state index is 12.3. The SMILES string of the molecule is COc1cc(OC)c2[nH]cc(C=CC(=O)O)c(=O)c2c1. The number of aliphatic carboxylic acids is 1. The minimum Gasteiger partial charge on any atom is -0.497 e. The number of pyridine rings is 1. The summed E-state index contributed by atoms with van der Waals surface area (Å²) < 4.78 is 10.3. The molecule has 6 heteroatoms. The van der Waals surface area contributed by atoms with Crippen molar-refractivity contribution in [2.24, 2.45) is 0 Å². The molecule has 20 heavy (non-hydrogen) atoms. The molecule has 1 aromatic heterocycles. The molecule has 0 saturated carbocycles. The second kappa shape index (κ2) is 5.48. The first-order valence-corrected chi connectivity index (χ1v) is 5.75. The largest absolute Gasteiger partial charge is 0.497 e. The molecular weight excluding hydrogens is 262 g/mol. The number of aromatic amines is 1. The van der Waals surface area contributed by atoms with Gasteiger partial charge in [0.05, 0.1) is 25.1 Å². The topological polar surface area (TPSA) is 88.6 Å². The molecule has 0 aliphatic heterocycles. The first-order chi connectivity index (χ1) is 9.56. The van der Waals surface area contributed by atoms with Crippen molar-refractivity contribution in [2.75, 3.05) is 14.2 Å². The van der Waals surface area contributed by atoms with Crippen LogP contribution in [0.5, 0.6) is 11.5 Å². The molecule has 0 saturated heterocycles. The monoisotopic (exact) mass is 275 g/mol. The van der Waals surface area contributed by atoms with E-state index in [1.807, 2.05) is 0 Å². The number of carboxylic acid groups (broad SMARTS) is 1. The molecule has 0 unspecified atom stereocenters. The molecule has 1 heterocycles. The second-order valence-corrected chi connectivity index (χ2v) is 4.00. The number of carbonyl (C=O) groups is 1. The maximum absolute atomic E-state index is 12.3. The van der Waals surface area contributed by atoms with Crippen molar-refractivity contribution in [3.63, 3.8) is 0 Å². The molecule has 2 aromatic rings. The Morgan fingerprint density at radius 3 is 2.65 bits per heavy atom. The fourth-order valence-electron chi connectivity index (χ4n) is 1.85. The first-order valence-electron chi connectivity index (χ1n) is 5.75. The van der Waals surface area contributed by atoms with E-state index in [0.717, 1.165) is 6.08 Å². The molecule has 0 atom stereocenters. The highest BCUT2D eigenvalue weighted by molar-refractivity contribution is 5.89. The molecule has 0 fully saturated rings. The summed E-state index contributed by atoms with van der Waals surface area (Å²) in [5.74, 6) is -0.155. The first kappa shape index (κ1) is 13.7. The van der Waals surface area contributed by atoms with Crippen LogP contribution >= 0.6 is 0 Å². The zero-order valence-electron chi connectivity index (χ0n) is 11.0. The van der Waals surface area contributed by atoms with Crippen molar-refractivity contribution < 1.29 is 19.4 Å². The van der Waals surface area contributed by atoms with E-state index >= 15 is 0 Å². The number of ether oxygens (including phenoxy) is 2. The van der Waals surface area contributed by atoms with Crippen molar-refractivity contribution in [1.82, 2.24) is 4.98 Å². The predicted octanol–water partition coefficient (Wildman–Crippen LogP) is 1.64. The van der Waals surface area contributed by atoms with Gasteiger partial charge in [-0.15, -0.1) is 0 Å². The van der Waals surface area contributed by atoms with Gasteiger partial charge in [-0.2, -0.15) is 0 Å². The number of nitrogens with one attached hydrogen (secondary N) is 1. The van der Waals surface area contributed by atoms with Crippen LogP contribution in [-0.4, -0.2) is 30.3 Å². The van der Waals surface area contributed by atoms with Crippen LogP contribution in [0.15, 0.2) is 29.2 Å². The van der Waals surface area contributed by atoms with Crippen molar-refractivity contribution in [3.05, 3.63) is 40.2 Å². The lowest BCUT2D eigenvalue weighted by atomic mass is 10.1. The number of benzene rings is 1. The molecule has 0 radical (unpaired) electrons. The van der Waals surface area contributed by atoms with Crippen molar-refractivity contribution >= 4 is 22.9 Å². The molecule has 2 N–H and O–H groups in total. The van der Waals surface area contributed by atoms with Crippen LogP contribution in [0.3, 0.4) is 0 Å². The van der Waals surface area contributed by atoms with Gasteiger partial charge in [-0.3, -0.25) is 4.79 Å². The summed E-state index contributed by atoms with van der Waals surface area (Å²) in [6.07, 6.45) is 3.60. The van der Waals surface area contributed by atoms with Gasteiger partial charge in [-0.25, -0.2) is 4.79 Å². The minimum atomic E-state index is -1.12. The highest BCUT2D eigenvalue weighted by Gasteiger charge is 2.10. The zero-order chi connectivity index (χ0) is 14.7. The fourth-order valence-corrected chi connectivity index (χ4v) is 1.85. The highest BCUT2D eigenvalue weighted by Crippen LogP contribution is 2.28. The molecule has 1 aromatic carbocycles. The van der Waals surface area contributed by atoms with E-state index in [1.165, 1.54) is 26.5 Å². The Hall–Kier alpha value is -2.76. The number of hydrogen-bond acceptors (Lipinski definition) is 4. The molecule has 0 bridgehead atoms. The molecule has 0 aliphatic carbocycles. The van der Waals surface area contributed by atoms with E-state index in [9.17, 15) is 9.59 Å². The smallest absolute Gasteiger partial charge is 0.328 e. The molecule has 0 amide bonds. The van der Waals surface area contributed by atoms with Crippen LogP contribution in [0.1, 0.15) is 5.56 Å². The van der Waals surface area contributed by atoms with Crippen LogP contribution in [-0.2, 0) is 4.79 Å². The normalized spacial score (nSPS) is 10.9. The quantitative estimate of drug-likeness (QED) is 0.828. The van der Waals surface area contributed by atoms with Gasteiger partial charge in [0.15, 0.2) is 5.43 Å². The van der Waals surface area contributed by atoms with Crippen molar-refractivity contribution in [3.8, 4) is 11.5 Å². The number of methoxy groups -OCH3 is 2. The summed E-state index contributed by atoms with van der Waals surface area (Å²) in [4.78, 5) is 25.7. The van der Waals surface area contributed by atoms with Gasteiger partial charge in [-0.1, -0.05) is 0 Å². The average molecular weight is 275 g/mol. The van der Waals surface area contributed by atoms with Gasteiger partial charge >= 0.3 is 5.97 Å². The van der Waals surface area contributed by atoms with E-state index in [4.69, 9.17) is 14.6 Å². The van der Waals surface area contributed by atoms with Crippen LogP contribution < -0.4 is 14.9 Å². The number of carboxylic acids is 1. The molecule has 6 nitrogen and oxygen atoms in total. The Bertz CT molecular complexity index is 745. The summed E-state index contributed by atoms with van der Waals surface area (Å²) in [5.41, 5.74) is 0.481. The fraction of sp³-hybridized carbons (Fsp3) is 0.143. The van der Waals surface area contributed by atoms with Crippen LogP contribution in [0, 0.1) is 0 Å². The van der Waals surface area contributed by atoms with Crippen molar-refractivity contribution in [2.45, 2.75) is 0 Å². The van der Waals surface area contributed by atoms with Gasteiger partial charge < -0.3 is 19.6 Å². The number of rotatable bonds is 4. The van der Waals surface area contributed by atoms with Crippen LogP contribution in [0.4, 0.5) is 0 Å². The zero-order valence-corrected chi connectivity index (χ0v) is 11.0. The molecule has 2 rings (SSSR count). The van der Waals surface area contributed by atoms with Crippen molar-refractivity contribution in [1.29, 1.82) is 0 Å². The third kappa shape index (κ3) is 2.49. The van der Waals surface area contributed by atoms with Crippen LogP contribution in [0.25, 0.3) is 17.0 Å². The second-order valence-electron chi connectivity index (χ2n) is 4.00.